The van der Waals surface area contributed by atoms with Crippen LogP contribution in [0.5, 0.6) is 0 Å². The van der Waals surface area contributed by atoms with Crippen LogP contribution in [0.2, 0.25) is 0 Å². The van der Waals surface area contributed by atoms with Crippen LogP contribution in [0.1, 0.15) is 30.4 Å². The van der Waals surface area contributed by atoms with Crippen LogP contribution in [0.4, 0.5) is 0 Å². The number of hydrogen-bond donors (Lipinski definition) is 2. The van der Waals surface area contributed by atoms with E-state index in [1.54, 1.807) is 12.1 Å². The molecule has 0 bridgehead atoms. The van der Waals surface area contributed by atoms with E-state index >= 15 is 0 Å². The summed E-state index contributed by atoms with van der Waals surface area (Å²) in [5, 5.41) is 0. The Hall–Kier alpha value is -0.530. The lowest BCUT2D eigenvalue weighted by Crippen LogP contribution is -2.42. The molecule has 1 rings (SSSR count). The Morgan fingerprint density at radius 2 is 2.00 bits per heavy atom. The second-order valence-electron chi connectivity index (χ2n) is 4.51. The number of carbonyl (C=O) groups excluding carboxylic acids is 2. The first-order valence-electron chi connectivity index (χ1n) is 5.26. The molecule has 0 unspecified atom stereocenters. The van der Waals surface area contributed by atoms with Crippen molar-refractivity contribution in [2.75, 3.05) is 5.75 Å². The Morgan fingerprint density at radius 1 is 1.33 bits per heavy atom. The van der Waals surface area contributed by atoms with Crippen molar-refractivity contribution >= 4 is 50.8 Å². The Labute approximate surface area is 123 Å². The van der Waals surface area contributed by atoms with Gasteiger partial charge in [0.1, 0.15) is 0 Å². The minimum Gasteiger partial charge on any atom is -0.272 e. The van der Waals surface area contributed by atoms with Gasteiger partial charge in [0, 0.05) is 4.75 Å². The fraction of sp³-hybridized carbons (Fsp3) is 0.455. The first kappa shape index (κ1) is 15.5. The van der Waals surface area contributed by atoms with Crippen molar-refractivity contribution in [3.63, 3.8) is 0 Å². The summed E-state index contributed by atoms with van der Waals surface area (Å²) in [6, 6.07) is 3.48. The molecular weight excluding hydrogens is 336 g/mol. The molecule has 4 nitrogen and oxygen atoms in total. The minimum absolute atomic E-state index is 0.0277. The van der Waals surface area contributed by atoms with Crippen molar-refractivity contribution < 1.29 is 9.59 Å². The number of hydrazine groups is 1. The summed E-state index contributed by atoms with van der Waals surface area (Å²) in [5.74, 6) is -0.198. The molecule has 0 saturated heterocycles. The Bertz CT molecular complexity index is 440. The van der Waals surface area contributed by atoms with Crippen LogP contribution >= 0.6 is 39.0 Å². The second kappa shape index (κ2) is 6.58. The second-order valence-corrected chi connectivity index (χ2v) is 8.77. The number of rotatable bonds is 3. The predicted molar refractivity (Wildman–Crippen MR) is 79.8 cm³/mol. The number of thioether (sulfide) groups is 1. The molecule has 0 fully saturated rings. The molecule has 0 aliphatic rings. The van der Waals surface area contributed by atoms with Gasteiger partial charge in [0.25, 0.3) is 5.91 Å². The first-order valence-corrected chi connectivity index (χ1v) is 7.86. The SMILES string of the molecule is CC(C)(C)SCC(=O)NNC(=O)c1ccc(Br)s1. The van der Waals surface area contributed by atoms with Gasteiger partial charge >= 0.3 is 0 Å². The van der Waals surface area contributed by atoms with Gasteiger partial charge < -0.3 is 0 Å². The molecule has 1 aromatic heterocycles. The van der Waals surface area contributed by atoms with Crippen LogP contribution in [0.25, 0.3) is 0 Å². The first-order chi connectivity index (χ1) is 8.28. The standard InChI is InChI=1S/C11H15BrN2O2S2/c1-11(2,3)17-6-9(15)13-14-10(16)7-4-5-8(12)18-7/h4-5H,6H2,1-3H3,(H,13,15)(H,14,16). The normalized spacial score (nSPS) is 11.1. The van der Waals surface area contributed by atoms with Gasteiger partial charge in [-0.2, -0.15) is 0 Å². The molecule has 1 heterocycles. The highest BCUT2D eigenvalue weighted by Crippen LogP contribution is 2.22. The van der Waals surface area contributed by atoms with Crippen molar-refractivity contribution in [1.82, 2.24) is 10.9 Å². The van der Waals surface area contributed by atoms with Crippen LogP contribution < -0.4 is 10.9 Å². The molecule has 2 N–H and O–H groups in total. The van der Waals surface area contributed by atoms with E-state index in [0.717, 1.165) is 3.79 Å². The number of carbonyl (C=O) groups is 2. The maximum absolute atomic E-state index is 11.6. The summed E-state index contributed by atoms with van der Waals surface area (Å²) in [4.78, 5) is 23.6. The van der Waals surface area contributed by atoms with Crippen molar-refractivity contribution in [3.8, 4) is 0 Å². The summed E-state index contributed by atoms with van der Waals surface area (Å²) in [5.41, 5.74) is 4.78. The largest absolute Gasteiger partial charge is 0.279 e. The number of amides is 2. The van der Waals surface area contributed by atoms with E-state index in [1.807, 2.05) is 20.8 Å². The van der Waals surface area contributed by atoms with Gasteiger partial charge in [-0.1, -0.05) is 20.8 Å². The lowest BCUT2D eigenvalue weighted by Gasteiger charge is -2.16. The van der Waals surface area contributed by atoms with E-state index in [2.05, 4.69) is 26.8 Å². The summed E-state index contributed by atoms with van der Waals surface area (Å²) in [6.07, 6.45) is 0. The monoisotopic (exact) mass is 350 g/mol. The molecule has 0 saturated carbocycles. The highest BCUT2D eigenvalue weighted by Gasteiger charge is 2.14. The molecule has 100 valence electrons. The molecule has 18 heavy (non-hydrogen) atoms. The summed E-state index contributed by atoms with van der Waals surface area (Å²) < 4.78 is 0.905. The third kappa shape index (κ3) is 5.88. The van der Waals surface area contributed by atoms with E-state index in [1.165, 1.54) is 23.1 Å². The number of hydrogen-bond acceptors (Lipinski definition) is 4. The van der Waals surface area contributed by atoms with Crippen LogP contribution in [0.15, 0.2) is 15.9 Å². The van der Waals surface area contributed by atoms with E-state index in [4.69, 9.17) is 0 Å². The molecule has 0 aromatic carbocycles. The lowest BCUT2D eigenvalue weighted by molar-refractivity contribution is -0.119. The van der Waals surface area contributed by atoms with Crippen LogP contribution in [0.3, 0.4) is 0 Å². The van der Waals surface area contributed by atoms with Crippen LogP contribution in [-0.4, -0.2) is 22.3 Å². The van der Waals surface area contributed by atoms with Crippen LogP contribution in [0, 0.1) is 0 Å². The van der Waals surface area contributed by atoms with E-state index in [0.29, 0.717) is 10.6 Å². The number of halogens is 1. The quantitative estimate of drug-likeness (QED) is 0.824. The van der Waals surface area contributed by atoms with Gasteiger partial charge in [-0.3, -0.25) is 20.4 Å². The van der Waals surface area contributed by atoms with Crippen LogP contribution in [-0.2, 0) is 4.79 Å². The highest BCUT2D eigenvalue weighted by molar-refractivity contribution is 9.11. The molecule has 0 radical (unpaired) electrons. The molecule has 2 amide bonds. The highest BCUT2D eigenvalue weighted by atomic mass is 79.9. The van der Waals surface area contributed by atoms with Crippen molar-refractivity contribution in [2.45, 2.75) is 25.5 Å². The third-order valence-electron chi connectivity index (χ3n) is 1.75. The zero-order chi connectivity index (χ0) is 13.8. The fourth-order valence-electron chi connectivity index (χ4n) is 0.943. The molecule has 0 aliphatic carbocycles. The fourth-order valence-corrected chi connectivity index (χ4v) is 2.86. The predicted octanol–water partition coefficient (Wildman–Crippen LogP) is 2.80. The minimum atomic E-state index is -0.306. The van der Waals surface area contributed by atoms with Gasteiger partial charge in [-0.05, 0) is 28.1 Å². The number of nitrogens with one attached hydrogen (secondary N) is 2. The van der Waals surface area contributed by atoms with Gasteiger partial charge in [-0.15, -0.1) is 23.1 Å². The number of thiophene rings is 1. The Balaban J connectivity index is 2.33. The summed E-state index contributed by atoms with van der Waals surface area (Å²) in [6.45, 7) is 6.10. The van der Waals surface area contributed by atoms with Gasteiger partial charge in [0.15, 0.2) is 0 Å². The molecule has 1 aromatic rings. The van der Waals surface area contributed by atoms with Gasteiger partial charge in [0.2, 0.25) is 5.91 Å². The average Bonchev–Trinajstić information content (AvgIpc) is 2.69. The summed E-state index contributed by atoms with van der Waals surface area (Å²) >= 11 is 6.11. The van der Waals surface area contributed by atoms with Gasteiger partial charge in [0.05, 0.1) is 14.4 Å². The van der Waals surface area contributed by atoms with Crippen molar-refractivity contribution in [3.05, 3.63) is 20.8 Å². The lowest BCUT2D eigenvalue weighted by atomic mass is 10.3. The Morgan fingerprint density at radius 3 is 2.50 bits per heavy atom. The van der Waals surface area contributed by atoms with E-state index in [9.17, 15) is 9.59 Å². The molecular formula is C11H15BrN2O2S2. The molecule has 0 atom stereocenters. The van der Waals surface area contributed by atoms with E-state index in [-0.39, 0.29) is 16.6 Å². The molecule has 0 aliphatic heterocycles. The van der Waals surface area contributed by atoms with Crippen molar-refractivity contribution in [1.29, 1.82) is 0 Å². The maximum atomic E-state index is 11.6. The van der Waals surface area contributed by atoms with Gasteiger partial charge in [-0.25, -0.2) is 0 Å². The van der Waals surface area contributed by atoms with E-state index < -0.39 is 0 Å². The van der Waals surface area contributed by atoms with Crippen molar-refractivity contribution in [2.24, 2.45) is 0 Å². The molecule has 7 heteroatoms. The Kier molecular flexibility index (Phi) is 5.68. The third-order valence-corrected chi connectivity index (χ3v) is 4.64. The zero-order valence-corrected chi connectivity index (χ0v) is 13.6. The smallest absolute Gasteiger partial charge is 0.272 e. The molecule has 0 spiro atoms. The maximum Gasteiger partial charge on any atom is 0.279 e. The topological polar surface area (TPSA) is 58.2 Å². The average molecular weight is 351 g/mol. The summed E-state index contributed by atoms with van der Waals surface area (Å²) in [7, 11) is 0. The zero-order valence-electron chi connectivity index (χ0n) is 10.4.